The molecule has 148 valence electrons. The lowest BCUT2D eigenvalue weighted by atomic mass is 9.97. The third kappa shape index (κ3) is 5.10. The number of carbonyl (C=O) groups is 2. The lowest BCUT2D eigenvalue weighted by Crippen LogP contribution is -2.44. The number of amides is 2. The predicted octanol–water partition coefficient (Wildman–Crippen LogP) is 0.184. The molecule has 0 aromatic heterocycles. The molecule has 2 N–H and O–H groups in total. The summed E-state index contributed by atoms with van der Waals surface area (Å²) in [6.45, 7) is 1.44. The molecule has 2 aliphatic heterocycles. The van der Waals surface area contributed by atoms with Crippen LogP contribution in [0.15, 0.2) is 18.2 Å². The van der Waals surface area contributed by atoms with Crippen LogP contribution in [0.2, 0.25) is 0 Å². The zero-order valence-electron chi connectivity index (χ0n) is 15.1. The highest BCUT2D eigenvalue weighted by atomic mass is 32.2. The van der Waals surface area contributed by atoms with Gasteiger partial charge in [-0.1, -0.05) is 0 Å². The molecule has 10 heteroatoms. The van der Waals surface area contributed by atoms with Gasteiger partial charge in [-0.2, -0.15) is 0 Å². The molecule has 2 amide bonds. The summed E-state index contributed by atoms with van der Waals surface area (Å²) in [6.07, 6.45) is 2.06. The third-order valence-electron chi connectivity index (χ3n) is 4.54. The third-order valence-corrected chi connectivity index (χ3v) is 5.85. The molecule has 0 atom stereocenters. The maximum atomic E-state index is 12.2. The number of fused-ring (bicyclic) bond motifs is 1. The van der Waals surface area contributed by atoms with Crippen molar-refractivity contribution in [1.82, 2.24) is 9.62 Å². The summed E-state index contributed by atoms with van der Waals surface area (Å²) in [7, 11) is -3.22. The van der Waals surface area contributed by atoms with E-state index in [-0.39, 0.29) is 24.3 Å². The Balaban J connectivity index is 1.45. The minimum absolute atomic E-state index is 0.153. The van der Waals surface area contributed by atoms with E-state index in [2.05, 4.69) is 10.6 Å². The fourth-order valence-corrected chi connectivity index (χ4v) is 3.96. The molecule has 1 saturated heterocycles. The Hall–Kier alpha value is -2.33. The van der Waals surface area contributed by atoms with Gasteiger partial charge in [0.05, 0.1) is 12.8 Å². The molecular weight excluding hydrogens is 374 g/mol. The van der Waals surface area contributed by atoms with E-state index < -0.39 is 10.0 Å². The van der Waals surface area contributed by atoms with Crippen molar-refractivity contribution in [3.8, 4) is 11.5 Å². The number of ether oxygens (including phenoxy) is 2. The van der Waals surface area contributed by atoms with Crippen LogP contribution < -0.4 is 20.1 Å². The molecule has 2 aliphatic rings. The van der Waals surface area contributed by atoms with Crippen LogP contribution in [-0.4, -0.2) is 63.6 Å². The van der Waals surface area contributed by atoms with Gasteiger partial charge in [-0.15, -0.1) is 0 Å². The molecule has 0 bridgehead atoms. The maximum absolute atomic E-state index is 12.2. The second-order valence-electron chi connectivity index (χ2n) is 6.56. The summed E-state index contributed by atoms with van der Waals surface area (Å²) >= 11 is 0. The van der Waals surface area contributed by atoms with Crippen LogP contribution in [0.25, 0.3) is 0 Å². The first-order valence-corrected chi connectivity index (χ1v) is 10.6. The van der Waals surface area contributed by atoms with E-state index in [9.17, 15) is 18.0 Å². The molecule has 0 aliphatic carbocycles. The number of nitrogens with one attached hydrogen (secondary N) is 2. The number of piperidine rings is 1. The van der Waals surface area contributed by atoms with Gasteiger partial charge >= 0.3 is 0 Å². The highest BCUT2D eigenvalue weighted by Gasteiger charge is 2.29. The standard InChI is InChI=1S/C17H23N3O6S/c1-27(23,24)20-6-4-12(5-7-20)17(22)18-11-16(21)19-13-2-3-14-15(10-13)26-9-8-25-14/h2-3,10,12H,4-9,11H2,1H3,(H,18,22)(H,19,21). The van der Waals surface area contributed by atoms with E-state index >= 15 is 0 Å². The average Bonchev–Trinajstić information content (AvgIpc) is 2.65. The minimum atomic E-state index is -3.22. The highest BCUT2D eigenvalue weighted by molar-refractivity contribution is 7.88. The number of hydrogen-bond donors (Lipinski definition) is 2. The Labute approximate surface area is 158 Å². The van der Waals surface area contributed by atoms with E-state index in [1.54, 1.807) is 18.2 Å². The summed E-state index contributed by atoms with van der Waals surface area (Å²) in [6, 6.07) is 5.10. The van der Waals surface area contributed by atoms with E-state index in [4.69, 9.17) is 9.47 Å². The van der Waals surface area contributed by atoms with Crippen LogP contribution in [0.5, 0.6) is 11.5 Å². The summed E-state index contributed by atoms with van der Waals surface area (Å²) < 4.78 is 35.2. The zero-order valence-corrected chi connectivity index (χ0v) is 15.9. The second-order valence-corrected chi connectivity index (χ2v) is 8.54. The summed E-state index contributed by atoms with van der Waals surface area (Å²) in [5.41, 5.74) is 0.556. The molecule has 0 radical (unpaired) electrons. The number of sulfonamides is 1. The van der Waals surface area contributed by atoms with Gasteiger partial charge in [-0.25, -0.2) is 12.7 Å². The van der Waals surface area contributed by atoms with E-state index in [1.165, 1.54) is 4.31 Å². The fraction of sp³-hybridized carbons (Fsp3) is 0.529. The van der Waals surface area contributed by atoms with Crippen LogP contribution in [0.4, 0.5) is 5.69 Å². The van der Waals surface area contributed by atoms with Crippen molar-refractivity contribution < 1.29 is 27.5 Å². The smallest absolute Gasteiger partial charge is 0.243 e. The van der Waals surface area contributed by atoms with Crippen LogP contribution in [0.1, 0.15) is 12.8 Å². The Bertz CT molecular complexity index is 818. The van der Waals surface area contributed by atoms with Gasteiger partial charge in [0.15, 0.2) is 11.5 Å². The van der Waals surface area contributed by atoms with E-state index in [0.29, 0.717) is 56.3 Å². The molecule has 2 heterocycles. The van der Waals surface area contributed by atoms with Gasteiger partial charge in [-0.05, 0) is 25.0 Å². The van der Waals surface area contributed by atoms with Gasteiger partial charge in [0, 0.05) is 30.8 Å². The number of nitrogens with zero attached hydrogens (tertiary/aromatic N) is 1. The van der Waals surface area contributed by atoms with Crippen LogP contribution in [-0.2, 0) is 19.6 Å². The zero-order chi connectivity index (χ0) is 19.4. The molecule has 9 nitrogen and oxygen atoms in total. The van der Waals surface area contributed by atoms with E-state index in [0.717, 1.165) is 6.26 Å². The quantitative estimate of drug-likeness (QED) is 0.733. The molecule has 0 saturated carbocycles. The van der Waals surface area contributed by atoms with Gasteiger partial charge < -0.3 is 20.1 Å². The van der Waals surface area contributed by atoms with Crippen LogP contribution in [0.3, 0.4) is 0 Å². The Morgan fingerprint density at radius 2 is 1.81 bits per heavy atom. The van der Waals surface area contributed by atoms with Crippen molar-refractivity contribution in [2.45, 2.75) is 12.8 Å². The van der Waals surface area contributed by atoms with Crippen LogP contribution in [0, 0.1) is 5.92 Å². The van der Waals surface area contributed by atoms with Gasteiger partial charge in [-0.3, -0.25) is 9.59 Å². The Morgan fingerprint density at radius 3 is 2.48 bits per heavy atom. The lowest BCUT2D eigenvalue weighted by Gasteiger charge is -2.29. The largest absolute Gasteiger partial charge is 0.486 e. The molecule has 3 rings (SSSR count). The number of benzene rings is 1. The summed E-state index contributed by atoms with van der Waals surface area (Å²) in [5, 5.41) is 5.31. The Morgan fingerprint density at radius 1 is 1.15 bits per heavy atom. The molecule has 0 spiro atoms. The fourth-order valence-electron chi connectivity index (χ4n) is 3.09. The predicted molar refractivity (Wildman–Crippen MR) is 98.2 cm³/mol. The number of anilines is 1. The van der Waals surface area contributed by atoms with E-state index in [1.807, 2.05) is 0 Å². The SMILES string of the molecule is CS(=O)(=O)N1CCC(C(=O)NCC(=O)Nc2ccc3c(c2)OCCO3)CC1. The van der Waals surface area contributed by atoms with Crippen LogP contribution >= 0.6 is 0 Å². The average molecular weight is 397 g/mol. The highest BCUT2D eigenvalue weighted by Crippen LogP contribution is 2.32. The van der Waals surface area contributed by atoms with Crippen molar-refractivity contribution in [3.05, 3.63) is 18.2 Å². The lowest BCUT2D eigenvalue weighted by molar-refractivity contribution is -0.128. The van der Waals surface area contributed by atoms with Crippen molar-refractivity contribution in [1.29, 1.82) is 0 Å². The van der Waals surface area contributed by atoms with Crippen molar-refractivity contribution in [3.63, 3.8) is 0 Å². The van der Waals surface area contributed by atoms with Crippen molar-refractivity contribution >= 4 is 27.5 Å². The first kappa shape index (κ1) is 19.4. The topological polar surface area (TPSA) is 114 Å². The molecule has 1 aromatic carbocycles. The molecular formula is C17H23N3O6S. The molecule has 1 aromatic rings. The monoisotopic (exact) mass is 397 g/mol. The second kappa shape index (κ2) is 8.13. The normalized spacial score (nSPS) is 18.0. The number of hydrogen-bond acceptors (Lipinski definition) is 6. The summed E-state index contributed by atoms with van der Waals surface area (Å²) in [5.74, 6) is 0.327. The molecule has 1 fully saturated rings. The first-order chi connectivity index (χ1) is 12.8. The van der Waals surface area contributed by atoms with Gasteiger partial charge in [0.2, 0.25) is 21.8 Å². The van der Waals surface area contributed by atoms with Crippen molar-refractivity contribution in [2.75, 3.05) is 44.4 Å². The van der Waals surface area contributed by atoms with Crippen molar-refractivity contribution in [2.24, 2.45) is 5.92 Å². The molecule has 0 unspecified atom stereocenters. The maximum Gasteiger partial charge on any atom is 0.243 e. The Kier molecular flexibility index (Phi) is 5.85. The van der Waals surface area contributed by atoms with Gasteiger partial charge in [0.25, 0.3) is 0 Å². The number of carbonyl (C=O) groups excluding carboxylic acids is 2. The summed E-state index contributed by atoms with van der Waals surface area (Å²) in [4.78, 5) is 24.3. The first-order valence-electron chi connectivity index (χ1n) is 8.75. The number of rotatable bonds is 5. The minimum Gasteiger partial charge on any atom is -0.486 e. The van der Waals surface area contributed by atoms with Gasteiger partial charge in [0.1, 0.15) is 13.2 Å². The molecule has 27 heavy (non-hydrogen) atoms.